The van der Waals surface area contributed by atoms with Crippen LogP contribution in [0.1, 0.15) is 24.8 Å². The molecule has 0 aliphatic carbocycles. The Bertz CT molecular complexity index is 854. The highest BCUT2D eigenvalue weighted by Gasteiger charge is 2.32. The van der Waals surface area contributed by atoms with Crippen LogP contribution in [-0.2, 0) is 28.3 Å². The van der Waals surface area contributed by atoms with Crippen LogP contribution < -0.4 is 5.32 Å². The SMILES string of the molecule is Cn1ccc(S(=O)(=O)N2CCC(C(=O)NCCCc3ccccc3)CC2)c1. The molecule has 0 spiro atoms. The van der Waals surface area contributed by atoms with Gasteiger partial charge in [-0.2, -0.15) is 4.31 Å². The van der Waals surface area contributed by atoms with Crippen molar-refractivity contribution in [3.63, 3.8) is 0 Å². The molecular weight excluding hydrogens is 362 g/mol. The molecule has 0 unspecified atom stereocenters. The zero-order valence-corrected chi connectivity index (χ0v) is 16.5. The standard InChI is InChI=1S/C20H27N3O3S/c1-22-13-11-19(16-22)27(25,26)23-14-9-18(10-15-23)20(24)21-12-5-8-17-6-3-2-4-7-17/h2-4,6-7,11,13,16,18H,5,8-10,12,14-15H2,1H3,(H,21,24). The smallest absolute Gasteiger partial charge is 0.244 e. The summed E-state index contributed by atoms with van der Waals surface area (Å²) >= 11 is 0. The number of aromatic nitrogens is 1. The Balaban J connectivity index is 1.42. The molecular formula is C20H27N3O3S. The van der Waals surface area contributed by atoms with Gasteiger partial charge in [-0.3, -0.25) is 4.79 Å². The van der Waals surface area contributed by atoms with E-state index < -0.39 is 10.0 Å². The fourth-order valence-corrected chi connectivity index (χ4v) is 4.95. The van der Waals surface area contributed by atoms with Crippen LogP contribution in [0.15, 0.2) is 53.7 Å². The molecule has 3 rings (SSSR count). The highest BCUT2D eigenvalue weighted by molar-refractivity contribution is 7.89. The van der Waals surface area contributed by atoms with Crippen molar-refractivity contribution in [2.24, 2.45) is 13.0 Å². The minimum absolute atomic E-state index is 0.0415. The summed E-state index contributed by atoms with van der Waals surface area (Å²) in [5, 5.41) is 3.00. The van der Waals surface area contributed by atoms with Crippen molar-refractivity contribution >= 4 is 15.9 Å². The van der Waals surface area contributed by atoms with Crippen LogP contribution in [0.25, 0.3) is 0 Å². The van der Waals surface area contributed by atoms with Gasteiger partial charge in [-0.1, -0.05) is 30.3 Å². The molecule has 27 heavy (non-hydrogen) atoms. The molecule has 7 heteroatoms. The number of amides is 1. The van der Waals surface area contributed by atoms with E-state index >= 15 is 0 Å². The number of hydrogen-bond acceptors (Lipinski definition) is 3. The molecule has 1 aliphatic rings. The number of carbonyl (C=O) groups excluding carboxylic acids is 1. The number of hydrogen-bond donors (Lipinski definition) is 1. The van der Waals surface area contributed by atoms with Crippen LogP contribution in [0.2, 0.25) is 0 Å². The summed E-state index contributed by atoms with van der Waals surface area (Å²) < 4.78 is 28.5. The Morgan fingerprint density at radius 3 is 2.48 bits per heavy atom. The van der Waals surface area contributed by atoms with E-state index in [0.717, 1.165) is 12.8 Å². The zero-order chi connectivity index (χ0) is 19.3. The lowest BCUT2D eigenvalue weighted by Gasteiger charge is -2.30. The molecule has 2 heterocycles. The third-order valence-corrected chi connectivity index (χ3v) is 6.93. The Labute approximate surface area is 161 Å². The van der Waals surface area contributed by atoms with Gasteiger partial charge in [0, 0.05) is 45.0 Å². The molecule has 146 valence electrons. The van der Waals surface area contributed by atoms with Gasteiger partial charge >= 0.3 is 0 Å². The molecule has 1 saturated heterocycles. The van der Waals surface area contributed by atoms with E-state index in [4.69, 9.17) is 0 Å². The third-order valence-electron chi connectivity index (χ3n) is 5.05. The van der Waals surface area contributed by atoms with Crippen molar-refractivity contribution in [1.29, 1.82) is 0 Å². The van der Waals surface area contributed by atoms with Crippen LogP contribution in [0, 0.1) is 5.92 Å². The molecule has 2 aromatic rings. The molecule has 0 radical (unpaired) electrons. The molecule has 0 bridgehead atoms. The number of nitrogens with zero attached hydrogens (tertiary/aromatic N) is 2. The van der Waals surface area contributed by atoms with E-state index in [-0.39, 0.29) is 11.8 Å². The second-order valence-corrected chi connectivity index (χ2v) is 9.01. The summed E-state index contributed by atoms with van der Waals surface area (Å²) in [5.74, 6) is -0.0660. The second kappa shape index (κ2) is 8.71. The average Bonchev–Trinajstić information content (AvgIpc) is 3.13. The molecule has 1 aromatic heterocycles. The van der Waals surface area contributed by atoms with Gasteiger partial charge in [0.25, 0.3) is 0 Å². The molecule has 1 N–H and O–H groups in total. The Morgan fingerprint density at radius 2 is 1.85 bits per heavy atom. The number of aryl methyl sites for hydroxylation is 2. The van der Waals surface area contributed by atoms with Gasteiger partial charge in [-0.05, 0) is 37.3 Å². The van der Waals surface area contributed by atoms with Gasteiger partial charge in [0.1, 0.15) is 0 Å². The number of benzene rings is 1. The van der Waals surface area contributed by atoms with E-state index in [1.165, 1.54) is 9.87 Å². The van der Waals surface area contributed by atoms with E-state index in [1.54, 1.807) is 30.1 Å². The average molecular weight is 390 g/mol. The van der Waals surface area contributed by atoms with Crippen LogP contribution in [0.4, 0.5) is 0 Å². The van der Waals surface area contributed by atoms with Crippen LogP contribution >= 0.6 is 0 Å². The topological polar surface area (TPSA) is 71.4 Å². The zero-order valence-electron chi connectivity index (χ0n) is 15.7. The lowest BCUT2D eigenvalue weighted by Crippen LogP contribution is -2.43. The van der Waals surface area contributed by atoms with Crippen molar-refractivity contribution in [3.05, 3.63) is 54.4 Å². The maximum absolute atomic E-state index is 12.6. The summed E-state index contributed by atoms with van der Waals surface area (Å²) in [6, 6.07) is 11.8. The Morgan fingerprint density at radius 1 is 1.15 bits per heavy atom. The van der Waals surface area contributed by atoms with Gasteiger partial charge in [0.05, 0.1) is 4.90 Å². The minimum Gasteiger partial charge on any atom is -0.356 e. The number of piperidine rings is 1. The third kappa shape index (κ3) is 4.99. The fourth-order valence-electron chi connectivity index (χ4n) is 3.43. The Kier molecular flexibility index (Phi) is 6.34. The number of sulfonamides is 1. The first-order valence-electron chi connectivity index (χ1n) is 9.40. The molecule has 0 atom stereocenters. The number of nitrogens with one attached hydrogen (secondary N) is 1. The molecule has 0 saturated carbocycles. The van der Waals surface area contributed by atoms with Crippen LogP contribution in [-0.4, -0.2) is 42.8 Å². The van der Waals surface area contributed by atoms with Gasteiger partial charge in [0.15, 0.2) is 0 Å². The lowest BCUT2D eigenvalue weighted by molar-refractivity contribution is -0.126. The van der Waals surface area contributed by atoms with Gasteiger partial charge in [-0.15, -0.1) is 0 Å². The molecule has 1 aromatic carbocycles. The van der Waals surface area contributed by atoms with Gasteiger partial charge < -0.3 is 9.88 Å². The predicted molar refractivity (Wildman–Crippen MR) is 105 cm³/mol. The van der Waals surface area contributed by atoms with E-state index in [0.29, 0.717) is 37.4 Å². The normalized spacial score (nSPS) is 16.3. The number of carbonyl (C=O) groups is 1. The second-order valence-electron chi connectivity index (χ2n) is 7.07. The van der Waals surface area contributed by atoms with Crippen molar-refractivity contribution in [1.82, 2.24) is 14.2 Å². The first-order valence-corrected chi connectivity index (χ1v) is 10.8. The molecule has 1 amide bonds. The van der Waals surface area contributed by atoms with E-state index in [2.05, 4.69) is 17.4 Å². The molecule has 1 fully saturated rings. The largest absolute Gasteiger partial charge is 0.356 e. The first-order chi connectivity index (χ1) is 13.0. The van der Waals surface area contributed by atoms with E-state index in [9.17, 15) is 13.2 Å². The van der Waals surface area contributed by atoms with Gasteiger partial charge in [-0.25, -0.2) is 8.42 Å². The van der Waals surface area contributed by atoms with Crippen molar-refractivity contribution in [2.45, 2.75) is 30.6 Å². The molecule has 6 nitrogen and oxygen atoms in total. The fraction of sp³-hybridized carbons (Fsp3) is 0.450. The predicted octanol–water partition coefficient (Wildman–Crippen LogP) is 2.17. The van der Waals surface area contributed by atoms with Crippen LogP contribution in [0.5, 0.6) is 0 Å². The summed E-state index contributed by atoms with van der Waals surface area (Å²) in [5.41, 5.74) is 1.27. The van der Waals surface area contributed by atoms with Crippen LogP contribution in [0.3, 0.4) is 0 Å². The summed E-state index contributed by atoms with van der Waals surface area (Å²) in [7, 11) is -1.66. The Hall–Kier alpha value is -2.12. The summed E-state index contributed by atoms with van der Waals surface area (Å²) in [6.07, 6.45) is 6.31. The van der Waals surface area contributed by atoms with E-state index in [1.807, 2.05) is 18.2 Å². The highest BCUT2D eigenvalue weighted by atomic mass is 32.2. The quantitative estimate of drug-likeness (QED) is 0.738. The van der Waals surface area contributed by atoms with Crippen molar-refractivity contribution < 1.29 is 13.2 Å². The monoisotopic (exact) mass is 389 g/mol. The van der Waals surface area contributed by atoms with Gasteiger partial charge in [0.2, 0.25) is 15.9 Å². The van der Waals surface area contributed by atoms with Crippen molar-refractivity contribution in [3.8, 4) is 0 Å². The lowest BCUT2D eigenvalue weighted by atomic mass is 9.97. The van der Waals surface area contributed by atoms with Crippen molar-refractivity contribution in [2.75, 3.05) is 19.6 Å². The summed E-state index contributed by atoms with van der Waals surface area (Å²) in [4.78, 5) is 12.7. The maximum Gasteiger partial charge on any atom is 0.244 e. The minimum atomic E-state index is -3.46. The maximum atomic E-state index is 12.6. The highest BCUT2D eigenvalue weighted by Crippen LogP contribution is 2.24. The number of rotatable bonds is 7. The summed E-state index contributed by atoms with van der Waals surface area (Å²) in [6.45, 7) is 1.43. The first kappa shape index (κ1) is 19.6. The molecule has 1 aliphatic heterocycles.